The lowest BCUT2D eigenvalue weighted by Crippen LogP contribution is -2.46. The van der Waals surface area contributed by atoms with Crippen LogP contribution in [-0.2, 0) is 11.3 Å². The molecule has 0 aromatic carbocycles. The van der Waals surface area contributed by atoms with Gasteiger partial charge in [-0.05, 0) is 43.4 Å². The number of amides is 1. The van der Waals surface area contributed by atoms with E-state index < -0.39 is 0 Å². The van der Waals surface area contributed by atoms with Gasteiger partial charge in [0, 0.05) is 6.54 Å². The van der Waals surface area contributed by atoms with Gasteiger partial charge >= 0.3 is 0 Å². The van der Waals surface area contributed by atoms with Crippen molar-refractivity contribution in [3.8, 4) is 6.07 Å². The highest BCUT2D eigenvalue weighted by Gasteiger charge is 2.43. The molecule has 3 atom stereocenters. The normalized spacial score (nSPS) is 27.3. The Morgan fingerprint density at radius 2 is 2.43 bits per heavy atom. The molecule has 5 heteroatoms. The molecule has 0 bridgehead atoms. The van der Waals surface area contributed by atoms with Crippen molar-refractivity contribution in [1.29, 1.82) is 5.26 Å². The maximum absolute atomic E-state index is 12.8. The van der Waals surface area contributed by atoms with E-state index in [1.807, 2.05) is 12.1 Å². The third-order valence-corrected chi connectivity index (χ3v) is 4.74. The zero-order valence-electron chi connectivity index (χ0n) is 12.1. The second-order valence-electron chi connectivity index (χ2n) is 5.99. The first-order chi connectivity index (χ1) is 10.3. The number of nitrogens with one attached hydrogen (secondary N) is 1. The molecule has 1 aliphatic heterocycles. The van der Waals surface area contributed by atoms with Crippen molar-refractivity contribution in [2.45, 2.75) is 38.3 Å². The molecule has 2 aliphatic rings. The Labute approximate surface area is 124 Å². The van der Waals surface area contributed by atoms with Crippen LogP contribution < -0.4 is 5.32 Å². The maximum atomic E-state index is 12.8. The molecule has 1 saturated carbocycles. The Bertz CT molecular complexity index is 520. The van der Waals surface area contributed by atoms with Crippen LogP contribution >= 0.6 is 0 Å². The van der Waals surface area contributed by atoms with Crippen molar-refractivity contribution in [2.75, 3.05) is 13.1 Å². The van der Waals surface area contributed by atoms with Gasteiger partial charge in [-0.25, -0.2) is 0 Å². The van der Waals surface area contributed by atoms with Gasteiger partial charge in [0.05, 0.1) is 31.3 Å². The number of fused-ring (bicyclic) bond motifs is 1. The quantitative estimate of drug-likeness (QED) is 0.898. The van der Waals surface area contributed by atoms with E-state index in [0.29, 0.717) is 31.3 Å². The molecule has 0 radical (unpaired) electrons. The highest BCUT2D eigenvalue weighted by Crippen LogP contribution is 2.38. The smallest absolute Gasteiger partial charge is 0.240 e. The van der Waals surface area contributed by atoms with Crippen LogP contribution in [0.4, 0.5) is 0 Å². The van der Waals surface area contributed by atoms with Gasteiger partial charge < -0.3 is 14.6 Å². The molecule has 2 heterocycles. The van der Waals surface area contributed by atoms with Crippen LogP contribution in [0.5, 0.6) is 0 Å². The van der Waals surface area contributed by atoms with Gasteiger partial charge in [-0.1, -0.05) is 6.42 Å². The van der Waals surface area contributed by atoms with Gasteiger partial charge in [-0.15, -0.1) is 0 Å². The van der Waals surface area contributed by atoms with Crippen molar-refractivity contribution < 1.29 is 9.21 Å². The molecule has 0 spiro atoms. The maximum Gasteiger partial charge on any atom is 0.240 e. The first-order valence-electron chi connectivity index (χ1n) is 7.71. The average Bonchev–Trinajstić information content (AvgIpc) is 3.19. The summed E-state index contributed by atoms with van der Waals surface area (Å²) in [6.45, 7) is 1.86. The lowest BCUT2D eigenvalue weighted by molar-refractivity contribution is -0.135. The van der Waals surface area contributed by atoms with E-state index in [4.69, 9.17) is 9.68 Å². The van der Waals surface area contributed by atoms with E-state index in [-0.39, 0.29) is 11.9 Å². The summed E-state index contributed by atoms with van der Waals surface area (Å²) in [4.78, 5) is 14.6. The Balaban J connectivity index is 1.69. The molecular weight excluding hydrogens is 266 g/mol. The van der Waals surface area contributed by atoms with Crippen molar-refractivity contribution >= 4 is 5.91 Å². The summed E-state index contributed by atoms with van der Waals surface area (Å²) in [5.74, 6) is 2.01. The Morgan fingerprint density at radius 1 is 1.52 bits per heavy atom. The van der Waals surface area contributed by atoms with Gasteiger partial charge in [0.25, 0.3) is 0 Å². The van der Waals surface area contributed by atoms with E-state index >= 15 is 0 Å². The Morgan fingerprint density at radius 3 is 3.19 bits per heavy atom. The fourth-order valence-electron chi connectivity index (χ4n) is 3.70. The Kier molecular flexibility index (Phi) is 4.26. The summed E-state index contributed by atoms with van der Waals surface area (Å²) < 4.78 is 5.35. The molecule has 1 N–H and O–H groups in total. The summed E-state index contributed by atoms with van der Waals surface area (Å²) in [5.41, 5.74) is 0. The molecule has 2 fully saturated rings. The zero-order chi connectivity index (χ0) is 14.7. The summed E-state index contributed by atoms with van der Waals surface area (Å²) in [7, 11) is 0. The standard InChI is InChI=1S/C16H21N3O2/c17-7-3-8-19(11-13-5-2-9-21-13)16(20)15-14-6-1-4-12(14)10-18-15/h2,5,9,12,14-15,18H,1,3-4,6,8,10-11H2. The van der Waals surface area contributed by atoms with Gasteiger partial charge in [0.1, 0.15) is 5.76 Å². The van der Waals surface area contributed by atoms with Crippen LogP contribution in [0, 0.1) is 23.2 Å². The topological polar surface area (TPSA) is 69.3 Å². The third kappa shape index (κ3) is 2.96. The van der Waals surface area contributed by atoms with Crippen LogP contribution in [0.25, 0.3) is 0 Å². The lowest BCUT2D eigenvalue weighted by atomic mass is 9.93. The SMILES string of the molecule is N#CCCN(Cc1ccco1)C(=O)C1NCC2CCCC21. The van der Waals surface area contributed by atoms with E-state index in [2.05, 4.69) is 11.4 Å². The van der Waals surface area contributed by atoms with Gasteiger partial charge in [0.15, 0.2) is 0 Å². The van der Waals surface area contributed by atoms with Crippen molar-refractivity contribution in [3.05, 3.63) is 24.2 Å². The first kappa shape index (κ1) is 14.2. The summed E-state index contributed by atoms with van der Waals surface area (Å²) >= 11 is 0. The van der Waals surface area contributed by atoms with Crippen LogP contribution in [0.15, 0.2) is 22.8 Å². The minimum atomic E-state index is -0.0776. The predicted molar refractivity (Wildman–Crippen MR) is 77.0 cm³/mol. The fourth-order valence-corrected chi connectivity index (χ4v) is 3.70. The number of hydrogen-bond acceptors (Lipinski definition) is 4. The third-order valence-electron chi connectivity index (χ3n) is 4.74. The fraction of sp³-hybridized carbons (Fsp3) is 0.625. The summed E-state index contributed by atoms with van der Waals surface area (Å²) in [6.07, 6.45) is 5.58. The van der Waals surface area contributed by atoms with Crippen LogP contribution in [0.2, 0.25) is 0 Å². The summed E-state index contributed by atoms with van der Waals surface area (Å²) in [5, 5.41) is 12.2. The lowest BCUT2D eigenvalue weighted by Gasteiger charge is -2.26. The van der Waals surface area contributed by atoms with Crippen molar-refractivity contribution in [3.63, 3.8) is 0 Å². The first-order valence-corrected chi connectivity index (χ1v) is 7.71. The minimum Gasteiger partial charge on any atom is -0.467 e. The van der Waals surface area contributed by atoms with E-state index in [9.17, 15) is 4.79 Å². The largest absolute Gasteiger partial charge is 0.467 e. The molecule has 1 aliphatic carbocycles. The zero-order valence-corrected chi connectivity index (χ0v) is 12.1. The number of furan rings is 1. The van der Waals surface area contributed by atoms with E-state index in [1.165, 1.54) is 12.8 Å². The highest BCUT2D eigenvalue weighted by atomic mass is 16.3. The highest BCUT2D eigenvalue weighted by molar-refractivity contribution is 5.82. The minimum absolute atomic E-state index is 0.0776. The van der Waals surface area contributed by atoms with Crippen LogP contribution in [0.3, 0.4) is 0 Å². The molecule has 1 saturated heterocycles. The number of nitrogens with zero attached hydrogens (tertiary/aromatic N) is 2. The second-order valence-corrected chi connectivity index (χ2v) is 5.99. The predicted octanol–water partition coefficient (Wildman–Crippen LogP) is 1.91. The average molecular weight is 287 g/mol. The van der Waals surface area contributed by atoms with E-state index in [0.717, 1.165) is 18.7 Å². The molecule has 1 aromatic rings. The van der Waals surface area contributed by atoms with Gasteiger partial charge in [0.2, 0.25) is 5.91 Å². The molecule has 112 valence electrons. The molecule has 1 aromatic heterocycles. The van der Waals surface area contributed by atoms with Gasteiger partial charge in [-0.2, -0.15) is 5.26 Å². The van der Waals surface area contributed by atoms with Crippen LogP contribution in [-0.4, -0.2) is 29.9 Å². The molecule has 3 unspecified atom stereocenters. The van der Waals surface area contributed by atoms with Crippen LogP contribution in [0.1, 0.15) is 31.4 Å². The van der Waals surface area contributed by atoms with Crippen molar-refractivity contribution in [1.82, 2.24) is 10.2 Å². The number of carbonyl (C=O) groups is 1. The second kappa shape index (κ2) is 6.31. The number of carbonyl (C=O) groups excluding carboxylic acids is 1. The summed E-state index contributed by atoms with van der Waals surface area (Å²) in [6, 6.07) is 5.74. The number of rotatable bonds is 5. The Hall–Kier alpha value is -1.80. The van der Waals surface area contributed by atoms with Gasteiger partial charge in [-0.3, -0.25) is 4.79 Å². The molecule has 1 amide bonds. The molecular formula is C16H21N3O2. The monoisotopic (exact) mass is 287 g/mol. The number of nitriles is 1. The molecule has 5 nitrogen and oxygen atoms in total. The van der Waals surface area contributed by atoms with Crippen molar-refractivity contribution in [2.24, 2.45) is 11.8 Å². The van der Waals surface area contributed by atoms with E-state index in [1.54, 1.807) is 11.2 Å². The molecule has 3 rings (SSSR count). The molecule has 21 heavy (non-hydrogen) atoms. The number of hydrogen-bond donors (Lipinski definition) is 1.